The molecule has 164 valence electrons. The lowest BCUT2D eigenvalue weighted by molar-refractivity contribution is -0.136. The Labute approximate surface area is 176 Å². The molecule has 2 aliphatic heterocycles. The van der Waals surface area contributed by atoms with Crippen molar-refractivity contribution in [2.45, 2.75) is 70.6 Å². The molecule has 0 aliphatic carbocycles. The van der Waals surface area contributed by atoms with Gasteiger partial charge in [-0.1, -0.05) is 13.8 Å². The molecule has 2 rings (SSSR count). The molecule has 8 nitrogen and oxygen atoms in total. The van der Waals surface area contributed by atoms with Crippen LogP contribution < -0.4 is 16.0 Å². The van der Waals surface area contributed by atoms with E-state index >= 15 is 0 Å². The molecule has 0 unspecified atom stereocenters. The largest absolute Gasteiger partial charge is 0.368 e. The van der Waals surface area contributed by atoms with Crippen LogP contribution in [0, 0.1) is 11.8 Å². The number of nitrogens with one attached hydrogen (secondary N) is 3. The molecular formula is C20H32ClN3O5. The molecule has 2 heterocycles. The van der Waals surface area contributed by atoms with Crippen molar-refractivity contribution in [3.63, 3.8) is 0 Å². The molecule has 0 aromatic carbocycles. The van der Waals surface area contributed by atoms with Crippen LogP contribution in [0.4, 0.5) is 0 Å². The van der Waals surface area contributed by atoms with E-state index in [4.69, 9.17) is 16.3 Å². The average Bonchev–Trinajstić information content (AvgIpc) is 3.22. The van der Waals surface area contributed by atoms with Crippen LogP contribution in [0.1, 0.15) is 52.4 Å². The van der Waals surface area contributed by atoms with Gasteiger partial charge in [0.05, 0.1) is 11.9 Å². The SMILES string of the molecule is CC(C)C[C@H](NC(=O)[C@H]1CCCO1)C(=O)N[C@@H](C[C@@H]1CCCNC1=O)C(=O)CCl. The zero-order valence-electron chi connectivity index (χ0n) is 17.2. The highest BCUT2D eigenvalue weighted by atomic mass is 35.5. The number of ketones is 1. The van der Waals surface area contributed by atoms with Crippen molar-refractivity contribution < 1.29 is 23.9 Å². The molecule has 2 aliphatic rings. The number of hydrogen-bond donors (Lipinski definition) is 3. The number of amides is 3. The predicted octanol–water partition coefficient (Wildman–Crippen LogP) is 0.905. The van der Waals surface area contributed by atoms with Crippen molar-refractivity contribution in [2.75, 3.05) is 19.0 Å². The highest BCUT2D eigenvalue weighted by Gasteiger charge is 2.33. The summed E-state index contributed by atoms with van der Waals surface area (Å²) >= 11 is 5.73. The van der Waals surface area contributed by atoms with E-state index in [2.05, 4.69) is 16.0 Å². The van der Waals surface area contributed by atoms with Crippen molar-refractivity contribution in [1.82, 2.24) is 16.0 Å². The second-order valence-electron chi connectivity index (χ2n) is 8.22. The van der Waals surface area contributed by atoms with Gasteiger partial charge in [0.2, 0.25) is 17.7 Å². The van der Waals surface area contributed by atoms with Crippen LogP contribution in [0.25, 0.3) is 0 Å². The highest BCUT2D eigenvalue weighted by molar-refractivity contribution is 6.28. The van der Waals surface area contributed by atoms with E-state index in [-0.39, 0.29) is 41.7 Å². The Kier molecular flexibility index (Phi) is 9.36. The maximum Gasteiger partial charge on any atom is 0.249 e. The van der Waals surface area contributed by atoms with E-state index in [9.17, 15) is 19.2 Å². The van der Waals surface area contributed by atoms with Crippen LogP contribution in [-0.2, 0) is 23.9 Å². The summed E-state index contributed by atoms with van der Waals surface area (Å²) in [5.41, 5.74) is 0. The van der Waals surface area contributed by atoms with E-state index in [1.54, 1.807) is 0 Å². The number of halogens is 1. The normalized spacial score (nSPS) is 23.9. The Bertz CT molecular complexity index is 607. The fraction of sp³-hybridized carbons (Fsp3) is 0.800. The Morgan fingerprint density at radius 1 is 1.17 bits per heavy atom. The standard InChI is InChI=1S/C20H32ClN3O5/c1-12(2)9-15(24-20(28)17-6-4-8-29-17)19(27)23-14(16(25)11-21)10-13-5-3-7-22-18(13)26/h12-15,17H,3-11H2,1-2H3,(H,22,26)(H,23,27)(H,24,28)/t13-,14-,15-,17+/m0/s1. The van der Waals surface area contributed by atoms with Crippen molar-refractivity contribution >= 4 is 35.1 Å². The molecular weight excluding hydrogens is 398 g/mol. The molecule has 0 bridgehead atoms. The molecule has 0 radical (unpaired) electrons. The smallest absolute Gasteiger partial charge is 0.249 e. The summed E-state index contributed by atoms with van der Waals surface area (Å²) in [5.74, 6) is -1.64. The number of rotatable bonds is 10. The van der Waals surface area contributed by atoms with Crippen LogP contribution in [-0.4, -0.2) is 60.7 Å². The summed E-state index contributed by atoms with van der Waals surface area (Å²) in [6.07, 6.45) is 3.04. The lowest BCUT2D eigenvalue weighted by Crippen LogP contribution is -2.54. The van der Waals surface area contributed by atoms with Gasteiger partial charge in [-0.15, -0.1) is 11.6 Å². The molecule has 29 heavy (non-hydrogen) atoms. The topological polar surface area (TPSA) is 114 Å². The number of alkyl halides is 1. The maximum absolute atomic E-state index is 12.9. The second-order valence-corrected chi connectivity index (χ2v) is 8.49. The third-order valence-corrected chi connectivity index (χ3v) is 5.58. The first-order valence-corrected chi connectivity index (χ1v) is 10.9. The number of Topliss-reactive ketones (excluding diaryl/α,β-unsaturated/α-hetero) is 1. The van der Waals surface area contributed by atoms with Crippen molar-refractivity contribution in [1.29, 1.82) is 0 Å². The number of carbonyl (C=O) groups excluding carboxylic acids is 4. The van der Waals surface area contributed by atoms with Crippen LogP contribution in [0.5, 0.6) is 0 Å². The van der Waals surface area contributed by atoms with E-state index in [0.717, 1.165) is 12.8 Å². The summed E-state index contributed by atoms with van der Waals surface area (Å²) in [5, 5.41) is 8.28. The lowest BCUT2D eigenvalue weighted by Gasteiger charge is -2.28. The lowest BCUT2D eigenvalue weighted by atomic mass is 9.90. The van der Waals surface area contributed by atoms with Gasteiger partial charge in [-0.05, 0) is 44.4 Å². The predicted molar refractivity (Wildman–Crippen MR) is 108 cm³/mol. The van der Waals surface area contributed by atoms with Gasteiger partial charge in [-0.3, -0.25) is 19.2 Å². The molecule has 3 amide bonds. The van der Waals surface area contributed by atoms with Gasteiger partial charge in [-0.25, -0.2) is 0 Å². The number of hydrogen-bond acceptors (Lipinski definition) is 5. The van der Waals surface area contributed by atoms with Gasteiger partial charge in [0.25, 0.3) is 0 Å². The van der Waals surface area contributed by atoms with Crippen LogP contribution in [0.3, 0.4) is 0 Å². The Hall–Kier alpha value is -1.67. The van der Waals surface area contributed by atoms with Crippen LogP contribution in [0.15, 0.2) is 0 Å². The summed E-state index contributed by atoms with van der Waals surface area (Å²) in [6, 6.07) is -1.64. The number of ether oxygens (including phenoxy) is 1. The summed E-state index contributed by atoms with van der Waals surface area (Å²) in [4.78, 5) is 49.7. The van der Waals surface area contributed by atoms with Crippen molar-refractivity contribution in [3.05, 3.63) is 0 Å². The zero-order valence-corrected chi connectivity index (χ0v) is 17.9. The zero-order chi connectivity index (χ0) is 21.4. The van der Waals surface area contributed by atoms with E-state index in [0.29, 0.717) is 32.4 Å². The Balaban J connectivity index is 2.04. The monoisotopic (exact) mass is 429 g/mol. The summed E-state index contributed by atoms with van der Waals surface area (Å²) in [7, 11) is 0. The molecule has 0 aromatic heterocycles. The third-order valence-electron chi connectivity index (χ3n) is 5.32. The van der Waals surface area contributed by atoms with Crippen LogP contribution >= 0.6 is 11.6 Å². The quantitative estimate of drug-likeness (QED) is 0.446. The number of carbonyl (C=O) groups is 4. The van der Waals surface area contributed by atoms with Gasteiger partial charge >= 0.3 is 0 Å². The molecule has 0 saturated carbocycles. The Morgan fingerprint density at radius 3 is 2.52 bits per heavy atom. The van der Waals surface area contributed by atoms with Gasteiger partial charge < -0.3 is 20.7 Å². The van der Waals surface area contributed by atoms with Crippen LogP contribution in [0.2, 0.25) is 0 Å². The molecule has 2 saturated heterocycles. The first-order valence-electron chi connectivity index (χ1n) is 10.4. The minimum atomic E-state index is -0.858. The molecule has 0 aromatic rings. The molecule has 0 spiro atoms. The number of piperidine rings is 1. The van der Waals surface area contributed by atoms with Gasteiger partial charge in [0.15, 0.2) is 5.78 Å². The minimum absolute atomic E-state index is 0.108. The average molecular weight is 430 g/mol. The first-order chi connectivity index (χ1) is 13.8. The van der Waals surface area contributed by atoms with E-state index < -0.39 is 24.1 Å². The maximum atomic E-state index is 12.9. The van der Waals surface area contributed by atoms with Gasteiger partial charge in [0, 0.05) is 19.1 Å². The molecule has 3 N–H and O–H groups in total. The van der Waals surface area contributed by atoms with Crippen molar-refractivity contribution in [2.24, 2.45) is 11.8 Å². The fourth-order valence-corrected chi connectivity index (χ4v) is 3.92. The summed E-state index contributed by atoms with van der Waals surface area (Å²) in [6.45, 7) is 5.06. The van der Waals surface area contributed by atoms with Gasteiger partial charge in [-0.2, -0.15) is 0 Å². The second kappa shape index (κ2) is 11.5. The minimum Gasteiger partial charge on any atom is -0.368 e. The molecule has 2 fully saturated rings. The highest BCUT2D eigenvalue weighted by Crippen LogP contribution is 2.19. The molecule has 9 heteroatoms. The van der Waals surface area contributed by atoms with E-state index in [1.165, 1.54) is 0 Å². The third kappa shape index (κ3) is 7.26. The Morgan fingerprint density at radius 2 is 1.93 bits per heavy atom. The summed E-state index contributed by atoms with van der Waals surface area (Å²) < 4.78 is 5.39. The van der Waals surface area contributed by atoms with Crippen molar-refractivity contribution in [3.8, 4) is 0 Å². The first kappa shape index (κ1) is 23.6. The fourth-order valence-electron chi connectivity index (χ4n) is 3.73. The van der Waals surface area contributed by atoms with E-state index in [1.807, 2.05) is 13.8 Å². The molecule has 4 atom stereocenters. The van der Waals surface area contributed by atoms with Gasteiger partial charge in [0.1, 0.15) is 12.1 Å².